The topological polar surface area (TPSA) is 74.7 Å². The van der Waals surface area contributed by atoms with Crippen molar-refractivity contribution in [3.05, 3.63) is 66.5 Å². The third kappa shape index (κ3) is 3.52. The van der Waals surface area contributed by atoms with Crippen molar-refractivity contribution in [3.8, 4) is 33.8 Å². The number of nitrogens with two attached hydrogens (primary N) is 1. The van der Waals surface area contributed by atoms with Crippen LogP contribution in [0.5, 0.6) is 11.5 Å². The number of furan rings is 1. The van der Waals surface area contributed by atoms with Crippen LogP contribution >= 0.6 is 0 Å². The maximum atomic E-state index is 13.4. The lowest BCUT2D eigenvalue weighted by atomic mass is 9.99. The SMILES string of the molecule is COc1ccc(-c2cc(OC(C)=O)c3c(-c4ccc(F)cc4)c(N)oc3c2)cc1. The number of carbonyl (C=O) groups excluding carboxylic acids is 1. The highest BCUT2D eigenvalue weighted by Gasteiger charge is 2.21. The monoisotopic (exact) mass is 391 g/mol. The summed E-state index contributed by atoms with van der Waals surface area (Å²) in [5.74, 6) is 0.383. The highest BCUT2D eigenvalue weighted by atomic mass is 19.1. The Bertz CT molecular complexity index is 1190. The Morgan fingerprint density at radius 2 is 1.62 bits per heavy atom. The van der Waals surface area contributed by atoms with E-state index in [2.05, 4.69) is 0 Å². The minimum atomic E-state index is -0.469. The largest absolute Gasteiger partial charge is 0.497 e. The van der Waals surface area contributed by atoms with Gasteiger partial charge in [-0.3, -0.25) is 4.79 Å². The smallest absolute Gasteiger partial charge is 0.308 e. The Morgan fingerprint density at radius 1 is 0.966 bits per heavy atom. The van der Waals surface area contributed by atoms with E-state index in [9.17, 15) is 9.18 Å². The van der Waals surface area contributed by atoms with Gasteiger partial charge in [0.1, 0.15) is 22.9 Å². The zero-order valence-electron chi connectivity index (χ0n) is 15.9. The highest BCUT2D eigenvalue weighted by molar-refractivity contribution is 6.05. The summed E-state index contributed by atoms with van der Waals surface area (Å²) >= 11 is 0. The van der Waals surface area contributed by atoms with E-state index in [1.165, 1.54) is 19.1 Å². The molecule has 0 aliphatic heterocycles. The first-order chi connectivity index (χ1) is 14.0. The number of fused-ring (bicyclic) bond motifs is 1. The van der Waals surface area contributed by atoms with Gasteiger partial charge in [-0.05, 0) is 53.1 Å². The lowest BCUT2D eigenvalue weighted by Gasteiger charge is -2.09. The van der Waals surface area contributed by atoms with Crippen molar-refractivity contribution in [2.45, 2.75) is 6.92 Å². The van der Waals surface area contributed by atoms with Crippen LogP contribution in [0.4, 0.5) is 10.3 Å². The van der Waals surface area contributed by atoms with Gasteiger partial charge < -0.3 is 19.6 Å². The molecule has 0 fully saturated rings. The van der Waals surface area contributed by atoms with Crippen LogP contribution in [0.25, 0.3) is 33.2 Å². The number of halogens is 1. The van der Waals surface area contributed by atoms with Gasteiger partial charge in [0.2, 0.25) is 0 Å². The lowest BCUT2D eigenvalue weighted by Crippen LogP contribution is -2.02. The van der Waals surface area contributed by atoms with Gasteiger partial charge in [0, 0.05) is 6.92 Å². The van der Waals surface area contributed by atoms with Gasteiger partial charge in [0.15, 0.2) is 5.88 Å². The molecule has 0 saturated carbocycles. The summed E-state index contributed by atoms with van der Waals surface area (Å²) in [6.45, 7) is 1.33. The second-order valence-corrected chi connectivity index (χ2v) is 6.52. The van der Waals surface area contributed by atoms with Crippen LogP contribution in [0.3, 0.4) is 0 Å². The summed E-state index contributed by atoms with van der Waals surface area (Å²) < 4.78 is 29.8. The molecule has 0 saturated heterocycles. The second-order valence-electron chi connectivity index (χ2n) is 6.52. The molecular weight excluding hydrogens is 373 g/mol. The first-order valence-electron chi connectivity index (χ1n) is 8.91. The molecule has 0 atom stereocenters. The molecule has 4 rings (SSSR count). The number of rotatable bonds is 4. The number of carbonyl (C=O) groups is 1. The fraction of sp³-hybridized carbons (Fsp3) is 0.0870. The average molecular weight is 391 g/mol. The molecule has 0 aliphatic carbocycles. The van der Waals surface area contributed by atoms with E-state index >= 15 is 0 Å². The molecule has 0 amide bonds. The average Bonchev–Trinajstić information content (AvgIpc) is 3.04. The molecule has 6 heteroatoms. The number of benzene rings is 3. The number of nitrogen functional groups attached to an aromatic ring is 1. The van der Waals surface area contributed by atoms with E-state index < -0.39 is 5.97 Å². The minimum absolute atomic E-state index is 0.159. The molecule has 29 heavy (non-hydrogen) atoms. The standard InChI is InChI=1S/C23H18FNO4/c1-13(26)28-19-11-16(14-5-9-18(27-2)10-6-14)12-20-22(19)21(23(25)29-20)15-3-7-17(24)8-4-15/h3-12H,25H2,1-2H3. The van der Waals surface area contributed by atoms with Gasteiger partial charge >= 0.3 is 5.97 Å². The summed E-state index contributed by atoms with van der Waals surface area (Å²) in [6.07, 6.45) is 0. The van der Waals surface area contributed by atoms with E-state index in [1.54, 1.807) is 25.3 Å². The van der Waals surface area contributed by atoms with E-state index in [1.807, 2.05) is 30.3 Å². The molecule has 0 spiro atoms. The van der Waals surface area contributed by atoms with Crippen LogP contribution in [-0.4, -0.2) is 13.1 Å². The van der Waals surface area contributed by atoms with Crippen molar-refractivity contribution in [2.24, 2.45) is 0 Å². The quantitative estimate of drug-likeness (QED) is 0.371. The number of ether oxygens (including phenoxy) is 2. The maximum Gasteiger partial charge on any atom is 0.308 e. The molecule has 4 aromatic rings. The van der Waals surface area contributed by atoms with Crippen molar-refractivity contribution in [1.82, 2.24) is 0 Å². The highest BCUT2D eigenvalue weighted by Crippen LogP contribution is 2.44. The Balaban J connectivity index is 1.94. The van der Waals surface area contributed by atoms with Crippen LogP contribution in [0.1, 0.15) is 6.92 Å². The van der Waals surface area contributed by atoms with Crippen LogP contribution in [0.15, 0.2) is 65.1 Å². The summed E-state index contributed by atoms with van der Waals surface area (Å²) in [4.78, 5) is 11.7. The Kier molecular flexibility index (Phi) is 4.68. The van der Waals surface area contributed by atoms with Gasteiger partial charge in [0.25, 0.3) is 0 Å². The molecular formula is C23H18FNO4. The van der Waals surface area contributed by atoms with Gasteiger partial charge in [-0.2, -0.15) is 0 Å². The predicted octanol–water partition coefficient (Wildman–Crippen LogP) is 5.42. The number of methoxy groups -OCH3 is 1. The third-order valence-corrected chi connectivity index (χ3v) is 4.59. The first-order valence-corrected chi connectivity index (χ1v) is 8.91. The van der Waals surface area contributed by atoms with Crippen molar-refractivity contribution in [1.29, 1.82) is 0 Å². The molecule has 2 N–H and O–H groups in total. The summed E-state index contributed by atoms with van der Waals surface area (Å²) in [6, 6.07) is 16.9. The van der Waals surface area contributed by atoms with Crippen molar-refractivity contribution in [3.63, 3.8) is 0 Å². The Labute approximate surface area is 166 Å². The van der Waals surface area contributed by atoms with Gasteiger partial charge in [0.05, 0.1) is 18.1 Å². The van der Waals surface area contributed by atoms with Crippen molar-refractivity contribution in [2.75, 3.05) is 12.8 Å². The number of esters is 1. The molecule has 146 valence electrons. The lowest BCUT2D eigenvalue weighted by molar-refractivity contribution is -0.131. The fourth-order valence-electron chi connectivity index (χ4n) is 3.30. The van der Waals surface area contributed by atoms with E-state index in [4.69, 9.17) is 19.6 Å². The molecule has 1 heterocycles. The van der Waals surface area contributed by atoms with Crippen LogP contribution < -0.4 is 15.2 Å². The minimum Gasteiger partial charge on any atom is -0.497 e. The predicted molar refractivity (Wildman–Crippen MR) is 109 cm³/mol. The fourth-order valence-corrected chi connectivity index (χ4v) is 3.30. The third-order valence-electron chi connectivity index (χ3n) is 4.59. The number of hydrogen-bond acceptors (Lipinski definition) is 5. The van der Waals surface area contributed by atoms with Gasteiger partial charge in [-0.25, -0.2) is 4.39 Å². The van der Waals surface area contributed by atoms with Crippen molar-refractivity contribution >= 4 is 22.8 Å². The maximum absolute atomic E-state index is 13.4. The molecule has 3 aromatic carbocycles. The second kappa shape index (κ2) is 7.31. The zero-order chi connectivity index (χ0) is 20.5. The summed E-state index contributed by atoms with van der Waals surface area (Å²) in [5, 5.41) is 0.557. The molecule has 0 radical (unpaired) electrons. The van der Waals surface area contributed by atoms with Crippen molar-refractivity contribution < 1.29 is 23.1 Å². The van der Waals surface area contributed by atoms with Gasteiger partial charge in [-0.15, -0.1) is 0 Å². The molecule has 5 nitrogen and oxygen atoms in total. The Hall–Kier alpha value is -3.80. The molecule has 0 unspecified atom stereocenters. The number of anilines is 1. The van der Waals surface area contributed by atoms with E-state index in [0.717, 1.165) is 16.9 Å². The molecule has 0 aliphatic rings. The molecule has 0 bridgehead atoms. The molecule has 1 aromatic heterocycles. The first kappa shape index (κ1) is 18.6. The summed E-state index contributed by atoms with van der Waals surface area (Å²) in [7, 11) is 1.60. The number of hydrogen-bond donors (Lipinski definition) is 1. The summed E-state index contributed by atoms with van der Waals surface area (Å²) in [5.41, 5.74) is 9.49. The van der Waals surface area contributed by atoms with Gasteiger partial charge in [-0.1, -0.05) is 24.3 Å². The van der Waals surface area contributed by atoms with E-state index in [0.29, 0.717) is 27.8 Å². The normalized spacial score (nSPS) is 10.9. The zero-order valence-corrected chi connectivity index (χ0v) is 15.9. The van der Waals surface area contributed by atoms with E-state index in [-0.39, 0.29) is 11.7 Å². The van der Waals surface area contributed by atoms with Crippen LogP contribution in [0.2, 0.25) is 0 Å². The van der Waals surface area contributed by atoms with Crippen LogP contribution in [-0.2, 0) is 4.79 Å². The van der Waals surface area contributed by atoms with Crippen LogP contribution in [0, 0.1) is 5.82 Å². The Morgan fingerprint density at radius 3 is 2.24 bits per heavy atom.